The molecule has 1 aromatic heterocycles. The molecule has 0 atom stereocenters. The zero-order valence-corrected chi connectivity index (χ0v) is 13.1. The number of nitrogens with one attached hydrogen (secondary N) is 1. The quantitative estimate of drug-likeness (QED) is 0.845. The molecule has 1 aromatic carbocycles. The van der Waals surface area contributed by atoms with Gasteiger partial charge in [-0.05, 0) is 48.6 Å². The summed E-state index contributed by atoms with van der Waals surface area (Å²) in [6.07, 6.45) is 3.42. The first-order valence-corrected chi connectivity index (χ1v) is 8.72. The Morgan fingerprint density at radius 2 is 2.04 bits per heavy atom. The van der Waals surface area contributed by atoms with Crippen LogP contribution in [0.1, 0.15) is 40.4 Å². The molecule has 7 heteroatoms. The number of hydrogen-bond donors (Lipinski definition) is 2. The lowest BCUT2D eigenvalue weighted by Gasteiger charge is -2.08. The molecule has 0 aliphatic heterocycles. The van der Waals surface area contributed by atoms with E-state index >= 15 is 0 Å². The molecule has 2 aromatic rings. The van der Waals surface area contributed by atoms with Crippen LogP contribution in [0.15, 0.2) is 47.5 Å². The van der Waals surface area contributed by atoms with Gasteiger partial charge in [-0.2, -0.15) is 0 Å². The van der Waals surface area contributed by atoms with Gasteiger partial charge in [0.2, 0.25) is 10.0 Å². The molecule has 0 saturated heterocycles. The maximum absolute atomic E-state index is 12.3. The van der Waals surface area contributed by atoms with Crippen LogP contribution in [0.2, 0.25) is 0 Å². The number of rotatable bonds is 6. The van der Waals surface area contributed by atoms with Crippen LogP contribution in [-0.4, -0.2) is 24.5 Å². The van der Waals surface area contributed by atoms with E-state index in [4.69, 9.17) is 5.11 Å². The van der Waals surface area contributed by atoms with Crippen molar-refractivity contribution in [1.29, 1.82) is 0 Å². The number of pyridine rings is 1. The molecule has 1 aliphatic carbocycles. The highest BCUT2D eigenvalue weighted by Gasteiger charge is 2.25. The van der Waals surface area contributed by atoms with Crippen molar-refractivity contribution >= 4 is 16.0 Å². The topological polar surface area (TPSA) is 96.4 Å². The smallest absolute Gasteiger partial charge is 0.337 e. The van der Waals surface area contributed by atoms with Gasteiger partial charge in [0.15, 0.2) is 0 Å². The number of aromatic carboxylic acids is 1. The summed E-state index contributed by atoms with van der Waals surface area (Å²) in [6.45, 7) is 0.00981. The minimum atomic E-state index is -3.62. The first-order valence-electron chi connectivity index (χ1n) is 7.23. The van der Waals surface area contributed by atoms with E-state index in [2.05, 4.69) is 9.71 Å². The Bertz CT molecular complexity index is 827. The lowest BCUT2D eigenvalue weighted by atomic mass is 10.1. The Morgan fingerprint density at radius 1 is 1.26 bits per heavy atom. The average molecular weight is 332 g/mol. The molecule has 1 saturated carbocycles. The summed E-state index contributed by atoms with van der Waals surface area (Å²) in [6, 6.07) is 9.86. The molecule has 0 amide bonds. The minimum Gasteiger partial charge on any atom is -0.478 e. The third kappa shape index (κ3) is 3.75. The van der Waals surface area contributed by atoms with Crippen molar-refractivity contribution in [3.05, 3.63) is 59.4 Å². The number of nitrogens with zero attached hydrogens (tertiary/aromatic N) is 1. The Labute approximate surface area is 134 Å². The molecule has 3 rings (SSSR count). The van der Waals surface area contributed by atoms with Crippen molar-refractivity contribution in [3.63, 3.8) is 0 Å². The summed E-state index contributed by atoms with van der Waals surface area (Å²) < 4.78 is 27.2. The third-order valence-electron chi connectivity index (χ3n) is 3.73. The van der Waals surface area contributed by atoms with Gasteiger partial charge in [0.1, 0.15) is 0 Å². The first kappa shape index (κ1) is 15.6. The molecule has 0 spiro atoms. The van der Waals surface area contributed by atoms with Crippen LogP contribution in [0.4, 0.5) is 0 Å². The Balaban J connectivity index is 1.71. The molecule has 2 N–H and O–H groups in total. The van der Waals surface area contributed by atoms with E-state index in [1.807, 2.05) is 6.07 Å². The highest BCUT2D eigenvalue weighted by molar-refractivity contribution is 7.89. The monoisotopic (exact) mass is 332 g/mol. The molecule has 1 fully saturated rings. The van der Waals surface area contributed by atoms with Crippen molar-refractivity contribution in [2.45, 2.75) is 30.2 Å². The lowest BCUT2D eigenvalue weighted by molar-refractivity contribution is 0.0696. The second kappa shape index (κ2) is 6.10. The van der Waals surface area contributed by atoms with Crippen molar-refractivity contribution in [2.24, 2.45) is 0 Å². The molecule has 0 unspecified atom stereocenters. The maximum Gasteiger partial charge on any atom is 0.337 e. The highest BCUT2D eigenvalue weighted by Crippen LogP contribution is 2.40. The van der Waals surface area contributed by atoms with Crippen molar-refractivity contribution in [3.8, 4) is 0 Å². The number of carbonyl (C=O) groups is 1. The number of sulfonamides is 1. The third-order valence-corrected chi connectivity index (χ3v) is 5.13. The van der Waals surface area contributed by atoms with Gasteiger partial charge < -0.3 is 5.11 Å². The van der Waals surface area contributed by atoms with Crippen LogP contribution in [-0.2, 0) is 16.6 Å². The Hall–Kier alpha value is -2.25. The van der Waals surface area contributed by atoms with Crippen molar-refractivity contribution < 1.29 is 18.3 Å². The van der Waals surface area contributed by atoms with Gasteiger partial charge in [-0.15, -0.1) is 0 Å². The largest absolute Gasteiger partial charge is 0.478 e. The fourth-order valence-electron chi connectivity index (χ4n) is 2.26. The summed E-state index contributed by atoms with van der Waals surface area (Å²) in [7, 11) is -3.62. The molecule has 23 heavy (non-hydrogen) atoms. The lowest BCUT2D eigenvalue weighted by Crippen LogP contribution is -2.23. The van der Waals surface area contributed by atoms with E-state index in [-0.39, 0.29) is 17.0 Å². The normalized spacial score (nSPS) is 14.6. The van der Waals surface area contributed by atoms with Gasteiger partial charge in [-0.3, -0.25) is 4.98 Å². The first-order chi connectivity index (χ1) is 11.0. The van der Waals surface area contributed by atoms with Crippen LogP contribution in [0, 0.1) is 0 Å². The van der Waals surface area contributed by atoms with Gasteiger partial charge in [0, 0.05) is 6.20 Å². The molecule has 0 bridgehead atoms. The Kier molecular flexibility index (Phi) is 4.14. The summed E-state index contributed by atoms with van der Waals surface area (Å²) in [4.78, 5) is 14.9. The van der Waals surface area contributed by atoms with Gasteiger partial charge in [0.25, 0.3) is 0 Å². The van der Waals surface area contributed by atoms with Gasteiger partial charge in [-0.1, -0.05) is 12.1 Å². The van der Waals surface area contributed by atoms with Gasteiger partial charge >= 0.3 is 5.97 Å². The zero-order valence-electron chi connectivity index (χ0n) is 12.3. The fourth-order valence-corrected chi connectivity index (χ4v) is 3.31. The van der Waals surface area contributed by atoms with Crippen LogP contribution in [0.5, 0.6) is 0 Å². The van der Waals surface area contributed by atoms with Crippen LogP contribution in [0.25, 0.3) is 0 Å². The van der Waals surface area contributed by atoms with E-state index < -0.39 is 16.0 Å². The molecule has 6 nitrogen and oxygen atoms in total. The Morgan fingerprint density at radius 3 is 2.65 bits per heavy atom. The van der Waals surface area contributed by atoms with Gasteiger partial charge in [-0.25, -0.2) is 17.9 Å². The van der Waals surface area contributed by atoms with Gasteiger partial charge in [0.05, 0.1) is 22.7 Å². The van der Waals surface area contributed by atoms with Crippen LogP contribution < -0.4 is 4.72 Å². The summed E-state index contributed by atoms with van der Waals surface area (Å²) in [5.41, 5.74) is 1.57. The molecule has 0 radical (unpaired) electrons. The highest BCUT2D eigenvalue weighted by atomic mass is 32.2. The number of benzene rings is 1. The standard InChI is InChI=1S/C16H16N2O4S/c19-16(20)13-6-7-14(17-9-13)10-18-23(21,22)15-3-1-2-12(8-15)11-4-5-11/h1-3,6-9,11,18H,4-5,10H2,(H,19,20). The number of aromatic nitrogens is 1. The predicted octanol–water partition coefficient (Wildman–Crippen LogP) is 2.14. The fraction of sp³-hybridized carbons (Fsp3) is 0.250. The maximum atomic E-state index is 12.3. The van der Waals surface area contributed by atoms with E-state index in [1.165, 1.54) is 18.3 Å². The molecule has 1 heterocycles. The number of carboxylic acid groups (broad SMARTS) is 1. The zero-order chi connectivity index (χ0) is 16.4. The van der Waals surface area contributed by atoms with Crippen LogP contribution in [0.3, 0.4) is 0 Å². The van der Waals surface area contributed by atoms with Crippen molar-refractivity contribution in [2.75, 3.05) is 0 Å². The van der Waals surface area contributed by atoms with E-state index in [0.717, 1.165) is 18.4 Å². The predicted molar refractivity (Wildman–Crippen MR) is 83.6 cm³/mol. The summed E-state index contributed by atoms with van der Waals surface area (Å²) in [5, 5.41) is 8.81. The molecular weight excluding hydrogens is 316 g/mol. The molecule has 120 valence electrons. The molecular formula is C16H16N2O4S. The second-order valence-electron chi connectivity index (χ2n) is 5.51. The SMILES string of the molecule is O=C(O)c1ccc(CNS(=O)(=O)c2cccc(C3CC3)c2)nc1. The van der Waals surface area contributed by atoms with E-state index in [9.17, 15) is 13.2 Å². The average Bonchev–Trinajstić information content (AvgIpc) is 3.38. The second-order valence-corrected chi connectivity index (χ2v) is 7.28. The number of hydrogen-bond acceptors (Lipinski definition) is 4. The van der Waals surface area contributed by atoms with E-state index in [0.29, 0.717) is 11.6 Å². The van der Waals surface area contributed by atoms with Crippen LogP contribution >= 0.6 is 0 Å². The summed E-state index contributed by atoms with van der Waals surface area (Å²) in [5.74, 6) is -0.586. The summed E-state index contributed by atoms with van der Waals surface area (Å²) >= 11 is 0. The molecule has 1 aliphatic rings. The number of carboxylic acids is 1. The van der Waals surface area contributed by atoms with Crippen molar-refractivity contribution in [1.82, 2.24) is 9.71 Å². The van der Waals surface area contributed by atoms with E-state index in [1.54, 1.807) is 18.2 Å². The minimum absolute atomic E-state index is 0.00981.